The van der Waals surface area contributed by atoms with E-state index >= 15 is 0 Å². The molecule has 2 N–H and O–H groups in total. The van der Waals surface area contributed by atoms with Gasteiger partial charge in [-0.3, -0.25) is 9.59 Å². The number of carboxylic acid groups (broad SMARTS) is 1. The Kier molecular flexibility index (Phi) is 7.87. The first-order chi connectivity index (χ1) is 10.5. The minimum Gasteiger partial charge on any atom is -0.480 e. The molecule has 1 aliphatic heterocycles. The molecular formula is C15H26N2O5. The van der Waals surface area contributed by atoms with Crippen LogP contribution in [-0.4, -0.2) is 60.1 Å². The summed E-state index contributed by atoms with van der Waals surface area (Å²) in [7, 11) is 1.48. The third-order valence-corrected chi connectivity index (χ3v) is 3.81. The fourth-order valence-electron chi connectivity index (χ4n) is 2.62. The molecule has 0 aromatic rings. The number of piperidine rings is 1. The molecule has 0 radical (unpaired) electrons. The molecule has 0 spiro atoms. The molecule has 1 rings (SSSR count). The van der Waals surface area contributed by atoms with Gasteiger partial charge in [0.2, 0.25) is 11.8 Å². The van der Waals surface area contributed by atoms with Crippen LogP contribution in [0.25, 0.3) is 0 Å². The molecule has 0 aliphatic carbocycles. The lowest BCUT2D eigenvalue weighted by molar-refractivity contribution is -0.146. The Morgan fingerprint density at radius 3 is 2.68 bits per heavy atom. The molecule has 2 atom stereocenters. The van der Waals surface area contributed by atoms with Crippen LogP contribution in [0.15, 0.2) is 0 Å². The Labute approximate surface area is 131 Å². The van der Waals surface area contributed by atoms with E-state index in [1.807, 2.05) is 6.92 Å². The van der Waals surface area contributed by atoms with Crippen LogP contribution in [-0.2, 0) is 19.1 Å². The molecule has 2 unspecified atom stereocenters. The van der Waals surface area contributed by atoms with Crippen LogP contribution in [0.1, 0.15) is 45.4 Å². The van der Waals surface area contributed by atoms with Crippen molar-refractivity contribution >= 4 is 17.8 Å². The Bertz CT molecular complexity index is 399. The van der Waals surface area contributed by atoms with Gasteiger partial charge in [-0.15, -0.1) is 0 Å². The minimum absolute atomic E-state index is 0.0360. The Morgan fingerprint density at radius 1 is 1.36 bits per heavy atom. The Morgan fingerprint density at radius 2 is 2.09 bits per heavy atom. The first-order valence-electron chi connectivity index (χ1n) is 7.82. The van der Waals surface area contributed by atoms with Crippen LogP contribution in [0.2, 0.25) is 0 Å². The van der Waals surface area contributed by atoms with Gasteiger partial charge in [-0.1, -0.05) is 6.92 Å². The SMILES string of the molecule is CCCC(=O)N1CCCCC1C(=O)NC(CCOC)C(=O)O. The molecule has 0 saturated carbocycles. The quantitative estimate of drug-likeness (QED) is 0.690. The average Bonchev–Trinajstić information content (AvgIpc) is 2.51. The van der Waals surface area contributed by atoms with Crippen molar-refractivity contribution in [3.63, 3.8) is 0 Å². The molecule has 0 aromatic carbocycles. The zero-order valence-corrected chi connectivity index (χ0v) is 13.3. The summed E-state index contributed by atoms with van der Waals surface area (Å²) in [6.45, 7) is 2.73. The number of carbonyl (C=O) groups is 3. The van der Waals surface area contributed by atoms with Crippen molar-refractivity contribution in [2.75, 3.05) is 20.3 Å². The van der Waals surface area contributed by atoms with Crippen molar-refractivity contribution in [2.45, 2.75) is 57.5 Å². The summed E-state index contributed by atoms with van der Waals surface area (Å²) in [6, 6.07) is -1.55. The summed E-state index contributed by atoms with van der Waals surface area (Å²) in [5.41, 5.74) is 0. The minimum atomic E-state index is -1.09. The predicted octanol–water partition coefficient (Wildman–Crippen LogP) is 0.774. The monoisotopic (exact) mass is 314 g/mol. The lowest BCUT2D eigenvalue weighted by Gasteiger charge is -2.35. The number of nitrogens with one attached hydrogen (secondary N) is 1. The summed E-state index contributed by atoms with van der Waals surface area (Å²) in [6.07, 6.45) is 3.67. The summed E-state index contributed by atoms with van der Waals surface area (Å²) < 4.78 is 4.86. The van der Waals surface area contributed by atoms with Crippen molar-refractivity contribution in [1.29, 1.82) is 0 Å². The van der Waals surface area contributed by atoms with E-state index in [0.717, 1.165) is 19.3 Å². The molecule has 1 fully saturated rings. The summed E-state index contributed by atoms with van der Waals surface area (Å²) >= 11 is 0. The van der Waals surface area contributed by atoms with E-state index < -0.39 is 18.1 Å². The van der Waals surface area contributed by atoms with Gasteiger partial charge in [0.05, 0.1) is 0 Å². The third kappa shape index (κ3) is 5.29. The number of hydrogen-bond donors (Lipinski definition) is 2. The molecule has 1 heterocycles. The third-order valence-electron chi connectivity index (χ3n) is 3.81. The van der Waals surface area contributed by atoms with Crippen LogP contribution in [0.5, 0.6) is 0 Å². The zero-order chi connectivity index (χ0) is 16.5. The maximum atomic E-state index is 12.4. The highest BCUT2D eigenvalue weighted by Crippen LogP contribution is 2.19. The number of hydrogen-bond acceptors (Lipinski definition) is 4. The molecule has 1 aliphatic rings. The van der Waals surface area contributed by atoms with E-state index in [9.17, 15) is 14.4 Å². The fraction of sp³-hybridized carbons (Fsp3) is 0.800. The standard InChI is InChI=1S/C15H26N2O5/c1-3-6-13(18)17-9-5-4-7-12(17)14(19)16-11(15(20)21)8-10-22-2/h11-12H,3-10H2,1-2H3,(H,16,19)(H,20,21). The first kappa shape index (κ1) is 18.4. The number of carbonyl (C=O) groups excluding carboxylic acids is 2. The highest BCUT2D eigenvalue weighted by molar-refractivity contribution is 5.90. The second-order valence-corrected chi connectivity index (χ2v) is 5.53. The van der Waals surface area contributed by atoms with E-state index in [4.69, 9.17) is 9.84 Å². The number of nitrogens with zero attached hydrogens (tertiary/aromatic N) is 1. The molecule has 7 nitrogen and oxygen atoms in total. The van der Waals surface area contributed by atoms with Gasteiger partial charge in [0.15, 0.2) is 0 Å². The number of rotatable bonds is 8. The first-order valence-corrected chi connectivity index (χ1v) is 7.82. The number of aliphatic carboxylic acids is 1. The molecular weight excluding hydrogens is 288 g/mol. The summed E-state index contributed by atoms with van der Waals surface area (Å²) in [5, 5.41) is 11.7. The van der Waals surface area contributed by atoms with E-state index in [1.54, 1.807) is 4.90 Å². The highest BCUT2D eigenvalue weighted by atomic mass is 16.5. The van der Waals surface area contributed by atoms with E-state index in [1.165, 1.54) is 7.11 Å². The topological polar surface area (TPSA) is 95.9 Å². The van der Waals surface area contributed by atoms with Gasteiger partial charge in [0.1, 0.15) is 12.1 Å². The van der Waals surface area contributed by atoms with Crippen molar-refractivity contribution in [2.24, 2.45) is 0 Å². The number of likely N-dealkylation sites (tertiary alicyclic amines) is 1. The van der Waals surface area contributed by atoms with Gasteiger partial charge in [-0.25, -0.2) is 4.79 Å². The molecule has 0 bridgehead atoms. The van der Waals surface area contributed by atoms with Gasteiger partial charge in [0.25, 0.3) is 0 Å². The Balaban J connectivity index is 2.70. The smallest absolute Gasteiger partial charge is 0.326 e. The number of methoxy groups -OCH3 is 1. The maximum absolute atomic E-state index is 12.4. The van der Waals surface area contributed by atoms with E-state index in [0.29, 0.717) is 19.4 Å². The summed E-state index contributed by atoms with van der Waals surface area (Å²) in [5.74, 6) is -1.51. The predicted molar refractivity (Wildman–Crippen MR) is 80.3 cm³/mol. The van der Waals surface area contributed by atoms with Gasteiger partial charge >= 0.3 is 5.97 Å². The van der Waals surface area contributed by atoms with Gasteiger partial charge in [0, 0.05) is 33.1 Å². The van der Waals surface area contributed by atoms with Crippen LogP contribution >= 0.6 is 0 Å². The fourth-order valence-corrected chi connectivity index (χ4v) is 2.62. The molecule has 1 saturated heterocycles. The second-order valence-electron chi connectivity index (χ2n) is 5.53. The van der Waals surface area contributed by atoms with E-state index in [2.05, 4.69) is 5.32 Å². The normalized spacial score (nSPS) is 19.5. The van der Waals surface area contributed by atoms with Crippen molar-refractivity contribution in [3.8, 4) is 0 Å². The lowest BCUT2D eigenvalue weighted by Crippen LogP contribution is -2.55. The number of carboxylic acids is 1. The highest BCUT2D eigenvalue weighted by Gasteiger charge is 2.33. The molecule has 2 amide bonds. The van der Waals surface area contributed by atoms with Crippen molar-refractivity contribution in [3.05, 3.63) is 0 Å². The molecule has 126 valence electrons. The van der Waals surface area contributed by atoms with Crippen LogP contribution in [0.4, 0.5) is 0 Å². The van der Waals surface area contributed by atoms with Gasteiger partial charge < -0.3 is 20.1 Å². The van der Waals surface area contributed by atoms with Crippen LogP contribution in [0, 0.1) is 0 Å². The maximum Gasteiger partial charge on any atom is 0.326 e. The van der Waals surface area contributed by atoms with E-state index in [-0.39, 0.29) is 24.8 Å². The zero-order valence-electron chi connectivity index (χ0n) is 13.3. The lowest BCUT2D eigenvalue weighted by atomic mass is 10.00. The van der Waals surface area contributed by atoms with Gasteiger partial charge in [-0.2, -0.15) is 0 Å². The van der Waals surface area contributed by atoms with Crippen LogP contribution in [0.3, 0.4) is 0 Å². The number of amides is 2. The Hall–Kier alpha value is -1.63. The second kappa shape index (κ2) is 9.40. The summed E-state index contributed by atoms with van der Waals surface area (Å²) in [4.78, 5) is 37.3. The van der Waals surface area contributed by atoms with Gasteiger partial charge in [-0.05, 0) is 25.7 Å². The van der Waals surface area contributed by atoms with Crippen LogP contribution < -0.4 is 5.32 Å². The average molecular weight is 314 g/mol. The molecule has 7 heteroatoms. The number of ether oxygens (including phenoxy) is 1. The molecule has 22 heavy (non-hydrogen) atoms. The van der Waals surface area contributed by atoms with Crippen molar-refractivity contribution < 1.29 is 24.2 Å². The molecule has 0 aromatic heterocycles. The largest absolute Gasteiger partial charge is 0.480 e. The van der Waals surface area contributed by atoms with Crippen molar-refractivity contribution in [1.82, 2.24) is 10.2 Å².